The lowest BCUT2D eigenvalue weighted by Gasteiger charge is -2.18. The van der Waals surface area contributed by atoms with Gasteiger partial charge in [-0.25, -0.2) is 0 Å². The highest BCUT2D eigenvalue weighted by Gasteiger charge is 2.24. The number of hydrogen-bond donors (Lipinski definition) is 2. The number of amides is 3. The Kier molecular flexibility index (Phi) is 6.48. The SMILES string of the molecule is CN1C(=O)c2ccccc2Sc2cc(NC(=O)CNC(=O)Cc3ccc(Cl)cc3)ccc21. The zero-order valence-corrected chi connectivity index (χ0v) is 18.8. The number of benzene rings is 3. The number of anilines is 2. The smallest absolute Gasteiger partial charge is 0.259 e. The zero-order chi connectivity index (χ0) is 22.7. The number of nitrogens with one attached hydrogen (secondary N) is 2. The molecule has 3 aromatic carbocycles. The van der Waals surface area contributed by atoms with Crippen molar-refractivity contribution in [2.45, 2.75) is 16.2 Å². The summed E-state index contributed by atoms with van der Waals surface area (Å²) in [5.41, 5.74) is 2.82. The molecule has 3 aromatic rings. The fourth-order valence-electron chi connectivity index (χ4n) is 3.33. The normalized spacial score (nSPS) is 12.4. The van der Waals surface area contributed by atoms with E-state index >= 15 is 0 Å². The first-order valence-electron chi connectivity index (χ1n) is 9.90. The Bertz CT molecular complexity index is 1200. The summed E-state index contributed by atoms with van der Waals surface area (Å²) in [6, 6.07) is 19.8. The standard InChI is InChI=1S/C24H20ClN3O3S/c1-28-19-11-10-17(13-21(19)32-20-5-3-2-4-18(20)24(28)31)27-23(30)14-26-22(29)12-15-6-8-16(25)9-7-15/h2-11,13H,12,14H2,1H3,(H,26,29)(H,27,30). The third-order valence-electron chi connectivity index (χ3n) is 4.97. The van der Waals surface area contributed by atoms with Crippen LogP contribution in [0, 0.1) is 0 Å². The lowest BCUT2D eigenvalue weighted by Crippen LogP contribution is -2.33. The van der Waals surface area contributed by atoms with Crippen LogP contribution in [0.15, 0.2) is 76.5 Å². The van der Waals surface area contributed by atoms with Gasteiger partial charge in [0.25, 0.3) is 5.91 Å². The monoisotopic (exact) mass is 465 g/mol. The number of rotatable bonds is 5. The molecule has 0 aromatic heterocycles. The third-order valence-corrected chi connectivity index (χ3v) is 6.35. The molecule has 4 rings (SSSR count). The van der Waals surface area contributed by atoms with E-state index in [4.69, 9.17) is 11.6 Å². The van der Waals surface area contributed by atoms with Gasteiger partial charge in [-0.3, -0.25) is 14.4 Å². The Morgan fingerprint density at radius 3 is 2.50 bits per heavy atom. The summed E-state index contributed by atoms with van der Waals surface area (Å²) in [7, 11) is 1.73. The summed E-state index contributed by atoms with van der Waals surface area (Å²) in [6.07, 6.45) is 0.166. The average Bonchev–Trinajstić information content (AvgIpc) is 2.88. The predicted octanol–water partition coefficient (Wildman–Crippen LogP) is 4.38. The molecule has 0 fully saturated rings. The van der Waals surface area contributed by atoms with Crippen molar-refractivity contribution in [3.63, 3.8) is 0 Å². The summed E-state index contributed by atoms with van der Waals surface area (Å²) >= 11 is 7.33. The molecule has 0 saturated carbocycles. The topological polar surface area (TPSA) is 78.5 Å². The Morgan fingerprint density at radius 2 is 1.72 bits per heavy atom. The van der Waals surface area contributed by atoms with Crippen molar-refractivity contribution in [1.82, 2.24) is 5.32 Å². The largest absolute Gasteiger partial charge is 0.347 e. The molecule has 3 amide bonds. The van der Waals surface area contributed by atoms with Crippen LogP contribution in [0.1, 0.15) is 15.9 Å². The molecule has 0 aliphatic carbocycles. The van der Waals surface area contributed by atoms with Gasteiger partial charge in [0.2, 0.25) is 11.8 Å². The molecule has 6 nitrogen and oxygen atoms in total. The minimum atomic E-state index is -0.335. The van der Waals surface area contributed by atoms with Crippen LogP contribution in [-0.4, -0.2) is 31.3 Å². The molecule has 0 atom stereocenters. The molecular weight excluding hydrogens is 446 g/mol. The fraction of sp³-hybridized carbons (Fsp3) is 0.125. The third kappa shape index (κ3) is 4.95. The minimum Gasteiger partial charge on any atom is -0.347 e. The Morgan fingerprint density at radius 1 is 0.969 bits per heavy atom. The van der Waals surface area contributed by atoms with Crippen molar-refractivity contribution in [3.8, 4) is 0 Å². The molecule has 8 heteroatoms. The highest BCUT2D eigenvalue weighted by atomic mass is 35.5. The predicted molar refractivity (Wildman–Crippen MR) is 127 cm³/mol. The highest BCUT2D eigenvalue weighted by molar-refractivity contribution is 7.99. The van der Waals surface area contributed by atoms with Crippen molar-refractivity contribution >= 4 is 52.5 Å². The van der Waals surface area contributed by atoms with E-state index in [2.05, 4.69) is 10.6 Å². The van der Waals surface area contributed by atoms with Gasteiger partial charge in [0.05, 0.1) is 24.2 Å². The van der Waals surface area contributed by atoms with Gasteiger partial charge in [0.15, 0.2) is 0 Å². The van der Waals surface area contributed by atoms with E-state index in [1.807, 2.05) is 30.3 Å². The summed E-state index contributed by atoms with van der Waals surface area (Å²) in [5.74, 6) is -0.665. The maximum absolute atomic E-state index is 12.8. The molecule has 32 heavy (non-hydrogen) atoms. The molecule has 1 heterocycles. The Hall–Kier alpha value is -3.29. The maximum atomic E-state index is 12.8. The molecule has 162 valence electrons. The fourth-order valence-corrected chi connectivity index (χ4v) is 4.60. The van der Waals surface area contributed by atoms with Crippen molar-refractivity contribution in [1.29, 1.82) is 0 Å². The average molecular weight is 466 g/mol. The number of halogens is 1. The second-order valence-electron chi connectivity index (χ2n) is 7.27. The first-order chi connectivity index (χ1) is 15.4. The van der Waals surface area contributed by atoms with Crippen LogP contribution < -0.4 is 15.5 Å². The first kappa shape index (κ1) is 21.9. The first-order valence-corrected chi connectivity index (χ1v) is 11.1. The van der Waals surface area contributed by atoms with Crippen molar-refractivity contribution in [2.75, 3.05) is 23.8 Å². The van der Waals surface area contributed by atoms with E-state index in [0.717, 1.165) is 21.0 Å². The van der Waals surface area contributed by atoms with E-state index in [-0.39, 0.29) is 30.7 Å². The van der Waals surface area contributed by atoms with Crippen LogP contribution in [0.25, 0.3) is 0 Å². The quantitative estimate of drug-likeness (QED) is 0.586. The molecule has 2 N–H and O–H groups in total. The van der Waals surface area contributed by atoms with Gasteiger partial charge in [-0.15, -0.1) is 0 Å². The van der Waals surface area contributed by atoms with E-state index in [1.54, 1.807) is 48.3 Å². The Labute approximate surface area is 194 Å². The van der Waals surface area contributed by atoms with Crippen LogP contribution in [0.3, 0.4) is 0 Å². The highest BCUT2D eigenvalue weighted by Crippen LogP contribution is 2.41. The number of nitrogens with zero attached hydrogens (tertiary/aromatic N) is 1. The van der Waals surface area contributed by atoms with Crippen LogP contribution in [0.5, 0.6) is 0 Å². The minimum absolute atomic E-state index is 0.0768. The lowest BCUT2D eigenvalue weighted by atomic mass is 10.1. The van der Waals surface area contributed by atoms with Gasteiger partial charge in [-0.2, -0.15) is 0 Å². The van der Waals surface area contributed by atoms with E-state index in [1.165, 1.54) is 11.8 Å². The van der Waals surface area contributed by atoms with Crippen LogP contribution in [0.4, 0.5) is 11.4 Å². The van der Waals surface area contributed by atoms with Crippen LogP contribution >= 0.6 is 23.4 Å². The summed E-state index contributed by atoms with van der Waals surface area (Å²) in [6.45, 7) is -0.141. The molecule has 0 unspecified atom stereocenters. The molecule has 0 spiro atoms. The van der Waals surface area contributed by atoms with Gasteiger partial charge in [0, 0.05) is 27.5 Å². The van der Waals surface area contributed by atoms with Crippen molar-refractivity contribution < 1.29 is 14.4 Å². The maximum Gasteiger partial charge on any atom is 0.259 e. The number of hydrogen-bond acceptors (Lipinski definition) is 4. The Balaban J connectivity index is 1.40. The van der Waals surface area contributed by atoms with Crippen molar-refractivity contribution in [2.24, 2.45) is 0 Å². The van der Waals surface area contributed by atoms with Crippen LogP contribution in [0.2, 0.25) is 5.02 Å². The molecule has 1 aliphatic heterocycles. The summed E-state index contributed by atoms with van der Waals surface area (Å²) in [5, 5.41) is 6.03. The van der Waals surface area contributed by atoms with Crippen LogP contribution in [-0.2, 0) is 16.0 Å². The second kappa shape index (κ2) is 9.46. The van der Waals surface area contributed by atoms with Gasteiger partial charge in [0.1, 0.15) is 0 Å². The van der Waals surface area contributed by atoms with E-state index < -0.39 is 0 Å². The molecule has 0 saturated heterocycles. The number of fused-ring (bicyclic) bond motifs is 2. The lowest BCUT2D eigenvalue weighted by molar-refractivity contribution is -0.123. The molecule has 0 bridgehead atoms. The van der Waals surface area contributed by atoms with Gasteiger partial charge in [-0.05, 0) is 48.0 Å². The van der Waals surface area contributed by atoms with Crippen molar-refractivity contribution in [3.05, 3.63) is 82.9 Å². The number of carbonyl (C=O) groups excluding carboxylic acids is 3. The second-order valence-corrected chi connectivity index (χ2v) is 8.79. The zero-order valence-electron chi connectivity index (χ0n) is 17.2. The number of carbonyl (C=O) groups is 3. The molecule has 0 radical (unpaired) electrons. The van der Waals surface area contributed by atoms with E-state index in [0.29, 0.717) is 16.3 Å². The summed E-state index contributed by atoms with van der Waals surface area (Å²) in [4.78, 5) is 40.5. The van der Waals surface area contributed by atoms with Gasteiger partial charge < -0.3 is 15.5 Å². The summed E-state index contributed by atoms with van der Waals surface area (Å²) < 4.78 is 0. The molecule has 1 aliphatic rings. The van der Waals surface area contributed by atoms with Gasteiger partial charge in [-0.1, -0.05) is 47.6 Å². The molecular formula is C24H20ClN3O3S. The van der Waals surface area contributed by atoms with E-state index in [9.17, 15) is 14.4 Å². The van der Waals surface area contributed by atoms with Gasteiger partial charge >= 0.3 is 0 Å².